The molecule has 1 aliphatic carbocycles. The second-order valence-electron chi connectivity index (χ2n) is 30.1. The SMILES string of the molecule is C.C.Cc1cc(S(=O)(=O)[O-])cc(C)c1/C=c1\ccc2c(c1)Oc1cc(Cc3c(C)cccc3C)ccc1C=2c1ccccc1S(=O)(=O)[O-].Cc1cccc(C)c1N(CCCSc1ccccc1)c1ccc2c(-c3ccccc3S(=O)(=O)[O-])c3ccc(=[N+](CCCSc4ccccc4)c4c(C)cc(S(=O)(=O)[O-])cc4C)cc-3oc2c1.ClCCCSc1ccccc1.[2H-].[Na+].[Na+]. The van der Waals surface area contributed by atoms with Crippen LogP contribution in [0.15, 0.2) is 312 Å². The molecule has 2 heterocycles. The predicted octanol–water partition coefficient (Wildman–Crippen LogP) is 16.2. The Hall–Kier alpha value is -8.35. The Balaban J connectivity index is 0.000000284. The molecular formula is C101H99ClN2Na2O14S7-2. The third-order valence-electron chi connectivity index (χ3n) is 21.3. The van der Waals surface area contributed by atoms with Gasteiger partial charge in [-0.25, -0.2) is 33.7 Å². The van der Waals surface area contributed by atoms with Gasteiger partial charge in [-0.3, -0.25) is 0 Å². The van der Waals surface area contributed by atoms with Crippen molar-refractivity contribution in [3.05, 3.63) is 361 Å². The van der Waals surface area contributed by atoms with Crippen LogP contribution in [0.2, 0.25) is 0 Å². The van der Waals surface area contributed by atoms with Gasteiger partial charge >= 0.3 is 59.1 Å². The molecule has 0 saturated heterocycles. The average molecular weight is 1870 g/mol. The summed E-state index contributed by atoms with van der Waals surface area (Å²) in [7, 11) is -19.0. The first kappa shape index (κ1) is 102. The summed E-state index contributed by atoms with van der Waals surface area (Å²) in [6, 6.07) is 84.3. The van der Waals surface area contributed by atoms with E-state index in [-0.39, 0.29) is 106 Å². The van der Waals surface area contributed by atoms with E-state index in [4.69, 9.17) is 20.8 Å². The summed E-state index contributed by atoms with van der Waals surface area (Å²) in [6.45, 7) is 16.7. The molecule has 0 unspecified atom stereocenters. The van der Waals surface area contributed by atoms with Crippen molar-refractivity contribution in [1.29, 1.82) is 0 Å². The minimum atomic E-state index is -4.90. The fourth-order valence-corrected chi connectivity index (χ4v) is 21.1. The van der Waals surface area contributed by atoms with Crippen LogP contribution in [0.5, 0.6) is 11.5 Å². The van der Waals surface area contributed by atoms with Crippen LogP contribution >= 0.6 is 46.9 Å². The van der Waals surface area contributed by atoms with E-state index in [1.54, 1.807) is 69.8 Å². The number of nitrogens with zero attached hydrogens (tertiary/aromatic N) is 2. The van der Waals surface area contributed by atoms with Crippen LogP contribution in [-0.4, -0.2) is 88.1 Å². The molecule has 26 heteroatoms. The molecule has 15 rings (SSSR count). The smallest absolute Gasteiger partial charge is 1.00 e. The van der Waals surface area contributed by atoms with Crippen molar-refractivity contribution in [2.45, 2.75) is 130 Å². The molecule has 0 bridgehead atoms. The van der Waals surface area contributed by atoms with Crippen LogP contribution in [0.1, 0.15) is 108 Å². The van der Waals surface area contributed by atoms with Gasteiger partial charge in [-0.15, -0.1) is 46.9 Å². The molecule has 0 saturated carbocycles. The molecule has 650 valence electrons. The number of hydrogen-bond acceptors (Lipinski definition) is 18. The largest absolute Gasteiger partial charge is 1.00 e. The van der Waals surface area contributed by atoms with E-state index >= 15 is 0 Å². The maximum absolute atomic E-state index is 12.9. The fraction of sp³-hybridized carbons (Fsp3) is 0.198. The Kier molecular flexibility index (Phi) is 36.7. The molecule has 12 aromatic rings. The van der Waals surface area contributed by atoms with E-state index in [9.17, 15) is 51.9 Å². The fourth-order valence-electron chi connectivity index (χ4n) is 15.6. The van der Waals surface area contributed by atoms with Crippen molar-refractivity contribution in [2.75, 3.05) is 41.1 Å². The summed E-state index contributed by atoms with van der Waals surface area (Å²) in [6.07, 6.45) is 5.25. The normalized spacial score (nSPS) is 12.1. The first-order valence-electron chi connectivity index (χ1n) is 39.8. The van der Waals surface area contributed by atoms with Crippen molar-refractivity contribution in [3.8, 4) is 33.9 Å². The summed E-state index contributed by atoms with van der Waals surface area (Å²) in [4.78, 5) is 4.77. The molecule has 0 radical (unpaired) electrons. The van der Waals surface area contributed by atoms with Crippen LogP contribution in [0, 0.1) is 55.4 Å². The molecule has 127 heavy (non-hydrogen) atoms. The van der Waals surface area contributed by atoms with Gasteiger partial charge in [0.1, 0.15) is 69.9 Å². The molecule has 0 aromatic heterocycles. The summed E-state index contributed by atoms with van der Waals surface area (Å²) in [5.74, 6) is 5.01. The zero-order valence-corrected chi connectivity index (χ0v) is 81.4. The maximum atomic E-state index is 12.9. The number of benzene rings is 13. The Labute approximate surface area is 811 Å². The monoisotopic (exact) mass is 1870 g/mol. The Morgan fingerprint density at radius 1 is 0.441 bits per heavy atom. The van der Waals surface area contributed by atoms with Gasteiger partial charge in [0.05, 0.1) is 25.6 Å². The van der Waals surface area contributed by atoms with E-state index in [2.05, 4.69) is 116 Å². The summed E-state index contributed by atoms with van der Waals surface area (Å²) >= 11 is 11.0. The number of ether oxygens (including phenoxy) is 1. The van der Waals surface area contributed by atoms with Crippen molar-refractivity contribution >= 4 is 127 Å². The number of hydrogen-bond donors (Lipinski definition) is 0. The molecule has 0 atom stereocenters. The number of alkyl halides is 1. The molecular weight excluding hydrogens is 1770 g/mol. The van der Waals surface area contributed by atoms with Gasteiger partial charge < -0.3 is 33.7 Å². The zero-order chi connectivity index (χ0) is 87.5. The van der Waals surface area contributed by atoms with Crippen molar-refractivity contribution in [2.24, 2.45) is 0 Å². The first-order valence-corrected chi connectivity index (χ1v) is 49.0. The van der Waals surface area contributed by atoms with E-state index in [0.29, 0.717) is 97.5 Å². The van der Waals surface area contributed by atoms with Crippen LogP contribution in [0.3, 0.4) is 0 Å². The topological polar surface area (TPSA) is 257 Å². The van der Waals surface area contributed by atoms with Gasteiger partial charge in [0.15, 0.2) is 0 Å². The molecule has 16 nitrogen and oxygen atoms in total. The van der Waals surface area contributed by atoms with Crippen LogP contribution < -0.4 is 89.1 Å². The molecule has 0 N–H and O–H groups in total. The van der Waals surface area contributed by atoms with Gasteiger partial charge in [-0.1, -0.05) is 160 Å². The van der Waals surface area contributed by atoms with E-state index in [0.717, 1.165) is 97.2 Å². The number of fused-ring (bicyclic) bond motifs is 4. The number of rotatable bonds is 26. The molecule has 2 aliphatic heterocycles. The van der Waals surface area contributed by atoms with Gasteiger partial charge in [-0.05, 0) is 257 Å². The third kappa shape index (κ3) is 25.5. The Morgan fingerprint density at radius 3 is 1.46 bits per heavy atom. The standard InChI is InChI=1S/C53H50N2O7S4.C37H32O7S2.C9H11ClS.2CH4.2Na.H/c1-36-16-13-17-37(2)52(36)54(28-14-30-63-42-18-7-5-8-19-42)40-24-26-45-48(34-40)62-49-35-41(25-27-46(49)51(45)47-22-11-12-23-50(47)66(59,60)61)55(29-15-31-64-43-20-9-6-10-21-43)53-38(3)32-44(33-39(53)4)65(56,57)58;1-22-8-7-9-23(2)32(22)18-26-12-14-29-34(20-26)44-35-21-27(19-33-24(3)16-28(17-25(33)4)45(38,39)40)13-15-30(35)37(29)31-10-5-6-11-36(31)46(41,42)43;10-7-4-8-11-9-5-2-1-3-6-9;;;;;/h5-13,16-27,32-35H,14-15,28-31H2,1-4H3,(H-,56,57,58,59,60,61);5-17,19-21H,18H2,1-4H3,(H,38,39,40)(H,41,42,43);1-3,5-6H,4,7-8H2;2*1H4;;;/q;;;;;2*+1;-1/p-3/b;27-19+;;;;;;/i;;;;;;;1+1. The minimum absolute atomic E-state index is 0. The van der Waals surface area contributed by atoms with E-state index in [1.165, 1.54) is 68.9 Å². The number of anilines is 2. The number of halogens is 1. The second-order valence-corrected chi connectivity index (χ2v) is 39.4. The first-order chi connectivity index (χ1) is 58.8. The molecule has 0 spiro atoms. The van der Waals surface area contributed by atoms with Crippen LogP contribution in [-0.2, 0) is 46.9 Å². The average Bonchev–Trinajstić information content (AvgIpc) is 0.741. The number of para-hydroxylation sites is 1. The maximum Gasteiger partial charge on any atom is 1.00 e. The van der Waals surface area contributed by atoms with Crippen LogP contribution in [0.4, 0.5) is 17.1 Å². The Bertz CT molecular complexity index is 6890. The van der Waals surface area contributed by atoms with Crippen molar-refractivity contribution in [3.63, 3.8) is 0 Å². The molecule has 0 fully saturated rings. The number of aryl methyl sites for hydroxylation is 8. The van der Waals surface area contributed by atoms with Gasteiger partial charge in [0.25, 0.3) is 0 Å². The van der Waals surface area contributed by atoms with Gasteiger partial charge in [-0.2, -0.15) is 4.58 Å². The number of thioether (sulfide) groups is 3. The second kappa shape index (κ2) is 45.5. The van der Waals surface area contributed by atoms with Crippen LogP contribution in [0.25, 0.3) is 45.1 Å². The minimum Gasteiger partial charge on any atom is -1.00 e. The zero-order valence-electron chi connectivity index (χ0n) is 72.0. The summed E-state index contributed by atoms with van der Waals surface area (Å²) < 4.78 is 163. The summed E-state index contributed by atoms with van der Waals surface area (Å²) in [5.41, 5.74) is 16.2. The Morgan fingerprint density at radius 2 is 0.929 bits per heavy atom. The van der Waals surface area contributed by atoms with Gasteiger partial charge in [0.2, 0.25) is 11.0 Å². The third-order valence-corrected chi connectivity index (χ3v) is 28.2. The van der Waals surface area contributed by atoms with Gasteiger partial charge in [0, 0.05) is 118 Å². The van der Waals surface area contributed by atoms with E-state index < -0.39 is 40.5 Å². The summed E-state index contributed by atoms with van der Waals surface area (Å²) in [5, 5.41) is 2.72. The quantitative estimate of drug-likeness (QED) is 0.00928. The predicted molar refractivity (Wildman–Crippen MR) is 508 cm³/mol. The molecule has 12 aromatic carbocycles. The van der Waals surface area contributed by atoms with Crippen molar-refractivity contribution in [1.82, 2.24) is 4.58 Å². The molecule has 3 aliphatic rings. The molecule has 0 amide bonds. The van der Waals surface area contributed by atoms with E-state index in [1.807, 2.05) is 151 Å². The van der Waals surface area contributed by atoms with Crippen molar-refractivity contribution < 1.29 is 122 Å².